The first kappa shape index (κ1) is 14.5. The van der Waals surface area contributed by atoms with E-state index in [1.54, 1.807) is 0 Å². The Labute approximate surface area is 126 Å². The molecular formula is C17H25NO3. The lowest BCUT2D eigenvalue weighted by atomic mass is 10.0. The largest absolute Gasteiger partial charge is 0.493 e. The maximum absolute atomic E-state index is 6.11. The molecule has 0 spiro atoms. The van der Waals surface area contributed by atoms with Crippen molar-refractivity contribution in [2.24, 2.45) is 11.7 Å². The van der Waals surface area contributed by atoms with E-state index in [-0.39, 0.29) is 6.04 Å². The van der Waals surface area contributed by atoms with Gasteiger partial charge in [0.05, 0.1) is 6.61 Å². The van der Waals surface area contributed by atoms with Crippen LogP contribution in [0.3, 0.4) is 0 Å². The number of ether oxygens (including phenoxy) is 3. The van der Waals surface area contributed by atoms with Crippen molar-refractivity contribution >= 4 is 0 Å². The Morgan fingerprint density at radius 3 is 2.67 bits per heavy atom. The third-order valence-corrected chi connectivity index (χ3v) is 4.51. The van der Waals surface area contributed by atoms with Crippen molar-refractivity contribution in [2.75, 3.05) is 13.4 Å². The zero-order chi connectivity index (χ0) is 14.7. The van der Waals surface area contributed by atoms with Crippen LogP contribution in [0.2, 0.25) is 0 Å². The van der Waals surface area contributed by atoms with Gasteiger partial charge in [-0.2, -0.15) is 0 Å². The molecule has 3 rings (SSSR count). The quantitative estimate of drug-likeness (QED) is 0.874. The highest BCUT2D eigenvalue weighted by atomic mass is 16.7. The van der Waals surface area contributed by atoms with E-state index in [2.05, 4.69) is 6.92 Å². The summed E-state index contributed by atoms with van der Waals surface area (Å²) in [6.07, 6.45) is 7.01. The van der Waals surface area contributed by atoms with Gasteiger partial charge in [-0.3, -0.25) is 0 Å². The van der Waals surface area contributed by atoms with Gasteiger partial charge in [0.1, 0.15) is 5.75 Å². The first-order valence-corrected chi connectivity index (χ1v) is 8.07. The molecule has 2 N–H and O–H groups in total. The van der Waals surface area contributed by atoms with Gasteiger partial charge in [-0.1, -0.05) is 19.8 Å². The standard InChI is InChI=1S/C17H25NO3/c1-2-14(18)7-13-8-16-17(21-11-20-16)9-15(13)19-10-12-5-3-4-6-12/h8-9,12,14H,2-7,10-11,18H2,1H3. The molecule has 1 aromatic rings. The van der Waals surface area contributed by atoms with Crippen LogP contribution in [-0.2, 0) is 6.42 Å². The molecule has 4 heteroatoms. The topological polar surface area (TPSA) is 53.7 Å². The second-order valence-electron chi connectivity index (χ2n) is 6.15. The summed E-state index contributed by atoms with van der Waals surface area (Å²) in [5, 5.41) is 0. The summed E-state index contributed by atoms with van der Waals surface area (Å²) < 4.78 is 17.0. The third-order valence-electron chi connectivity index (χ3n) is 4.51. The molecule has 2 aliphatic rings. The molecule has 1 heterocycles. The minimum atomic E-state index is 0.152. The molecule has 1 unspecified atom stereocenters. The summed E-state index contributed by atoms with van der Waals surface area (Å²) >= 11 is 0. The van der Waals surface area contributed by atoms with Crippen LogP contribution >= 0.6 is 0 Å². The van der Waals surface area contributed by atoms with Crippen molar-refractivity contribution in [3.8, 4) is 17.2 Å². The highest BCUT2D eigenvalue weighted by Crippen LogP contribution is 2.39. The fourth-order valence-electron chi connectivity index (χ4n) is 3.07. The Kier molecular flexibility index (Phi) is 4.54. The van der Waals surface area contributed by atoms with E-state index in [0.717, 1.165) is 42.3 Å². The van der Waals surface area contributed by atoms with E-state index in [1.807, 2.05) is 12.1 Å². The van der Waals surface area contributed by atoms with Crippen LogP contribution < -0.4 is 19.9 Å². The number of nitrogens with two attached hydrogens (primary N) is 1. The average Bonchev–Trinajstić information content (AvgIpc) is 3.15. The summed E-state index contributed by atoms with van der Waals surface area (Å²) in [5.74, 6) is 3.20. The first-order chi connectivity index (χ1) is 10.3. The lowest BCUT2D eigenvalue weighted by Gasteiger charge is -2.17. The molecular weight excluding hydrogens is 266 g/mol. The summed E-state index contributed by atoms with van der Waals surface area (Å²) in [5.41, 5.74) is 7.24. The van der Waals surface area contributed by atoms with E-state index in [9.17, 15) is 0 Å². The van der Waals surface area contributed by atoms with Crippen molar-refractivity contribution in [2.45, 2.75) is 51.5 Å². The van der Waals surface area contributed by atoms with Gasteiger partial charge < -0.3 is 19.9 Å². The maximum Gasteiger partial charge on any atom is 0.231 e. The summed E-state index contributed by atoms with van der Waals surface area (Å²) in [7, 11) is 0. The third kappa shape index (κ3) is 3.43. The lowest BCUT2D eigenvalue weighted by Crippen LogP contribution is -2.22. The fraction of sp³-hybridized carbons (Fsp3) is 0.647. The van der Waals surface area contributed by atoms with Gasteiger partial charge in [0.2, 0.25) is 6.79 Å². The van der Waals surface area contributed by atoms with E-state index in [0.29, 0.717) is 12.7 Å². The summed E-state index contributed by atoms with van der Waals surface area (Å²) in [4.78, 5) is 0. The zero-order valence-corrected chi connectivity index (χ0v) is 12.8. The summed E-state index contributed by atoms with van der Waals surface area (Å²) in [6, 6.07) is 4.15. The molecule has 0 aromatic heterocycles. The van der Waals surface area contributed by atoms with Crippen molar-refractivity contribution in [1.29, 1.82) is 0 Å². The molecule has 0 radical (unpaired) electrons. The molecule has 4 nitrogen and oxygen atoms in total. The van der Waals surface area contributed by atoms with E-state index in [1.165, 1.54) is 25.7 Å². The Bertz CT molecular complexity index is 483. The smallest absolute Gasteiger partial charge is 0.231 e. The van der Waals surface area contributed by atoms with Crippen molar-refractivity contribution in [3.05, 3.63) is 17.7 Å². The Balaban J connectivity index is 1.75. The molecule has 0 saturated heterocycles. The summed E-state index contributed by atoms with van der Waals surface area (Å²) in [6.45, 7) is 3.20. The van der Waals surface area contributed by atoms with Gasteiger partial charge in [0.25, 0.3) is 0 Å². The molecule has 1 aromatic carbocycles. The lowest BCUT2D eigenvalue weighted by molar-refractivity contribution is 0.173. The Morgan fingerprint density at radius 2 is 1.95 bits per heavy atom. The molecule has 1 atom stereocenters. The van der Waals surface area contributed by atoms with Crippen molar-refractivity contribution in [1.82, 2.24) is 0 Å². The van der Waals surface area contributed by atoms with Crippen LogP contribution in [0.25, 0.3) is 0 Å². The van der Waals surface area contributed by atoms with Gasteiger partial charge in [-0.25, -0.2) is 0 Å². The molecule has 21 heavy (non-hydrogen) atoms. The molecule has 1 saturated carbocycles. The SMILES string of the molecule is CCC(N)Cc1cc2c(cc1OCC1CCCC1)OCO2. The molecule has 116 valence electrons. The normalized spacial score (nSPS) is 19.0. The van der Waals surface area contributed by atoms with E-state index >= 15 is 0 Å². The number of benzene rings is 1. The molecule has 1 aliphatic heterocycles. The maximum atomic E-state index is 6.11. The van der Waals surface area contributed by atoms with Gasteiger partial charge in [-0.15, -0.1) is 0 Å². The second kappa shape index (κ2) is 6.56. The highest BCUT2D eigenvalue weighted by Gasteiger charge is 2.21. The van der Waals surface area contributed by atoms with Gasteiger partial charge >= 0.3 is 0 Å². The molecule has 0 bridgehead atoms. The first-order valence-electron chi connectivity index (χ1n) is 8.07. The predicted molar refractivity (Wildman–Crippen MR) is 82.0 cm³/mol. The van der Waals surface area contributed by atoms with Crippen LogP contribution in [0.1, 0.15) is 44.6 Å². The molecule has 1 aliphatic carbocycles. The highest BCUT2D eigenvalue weighted by molar-refractivity contribution is 5.52. The van der Waals surface area contributed by atoms with Gasteiger partial charge in [0.15, 0.2) is 11.5 Å². The van der Waals surface area contributed by atoms with E-state index < -0.39 is 0 Å². The van der Waals surface area contributed by atoms with Crippen LogP contribution in [0.15, 0.2) is 12.1 Å². The van der Waals surface area contributed by atoms with Crippen molar-refractivity contribution in [3.63, 3.8) is 0 Å². The molecule has 1 fully saturated rings. The Morgan fingerprint density at radius 1 is 1.24 bits per heavy atom. The number of fused-ring (bicyclic) bond motifs is 1. The number of hydrogen-bond acceptors (Lipinski definition) is 4. The van der Waals surface area contributed by atoms with Crippen molar-refractivity contribution < 1.29 is 14.2 Å². The van der Waals surface area contributed by atoms with E-state index in [4.69, 9.17) is 19.9 Å². The van der Waals surface area contributed by atoms with Gasteiger partial charge in [-0.05, 0) is 43.2 Å². The Hall–Kier alpha value is -1.42. The van der Waals surface area contributed by atoms with Crippen LogP contribution in [0, 0.1) is 5.92 Å². The van der Waals surface area contributed by atoms with Crippen LogP contribution in [0.5, 0.6) is 17.2 Å². The zero-order valence-electron chi connectivity index (χ0n) is 12.8. The second-order valence-corrected chi connectivity index (χ2v) is 6.15. The fourth-order valence-corrected chi connectivity index (χ4v) is 3.07. The van der Waals surface area contributed by atoms with Gasteiger partial charge in [0, 0.05) is 12.1 Å². The number of hydrogen-bond donors (Lipinski definition) is 1. The minimum absolute atomic E-state index is 0.152. The number of rotatable bonds is 6. The van der Waals surface area contributed by atoms with Crippen LogP contribution in [-0.4, -0.2) is 19.4 Å². The predicted octanol–water partition coefficient (Wildman–Crippen LogP) is 3.26. The average molecular weight is 291 g/mol. The monoisotopic (exact) mass is 291 g/mol. The van der Waals surface area contributed by atoms with Crippen LogP contribution in [0.4, 0.5) is 0 Å². The molecule has 0 amide bonds. The minimum Gasteiger partial charge on any atom is -0.493 e.